The lowest BCUT2D eigenvalue weighted by atomic mass is 9.97. The summed E-state index contributed by atoms with van der Waals surface area (Å²) in [5, 5.41) is 5.91. The largest absolute Gasteiger partial charge is 0.573 e. The number of likely N-dealkylation sites (tertiary alicyclic amines) is 1. The summed E-state index contributed by atoms with van der Waals surface area (Å²) < 4.78 is 42.6. The summed E-state index contributed by atoms with van der Waals surface area (Å²) in [7, 11) is 0. The van der Waals surface area contributed by atoms with Gasteiger partial charge < -0.3 is 26.0 Å². The molecule has 12 heteroatoms. The van der Waals surface area contributed by atoms with Crippen LogP contribution in [0.3, 0.4) is 0 Å². The number of halogens is 3. The molecule has 1 fully saturated rings. The van der Waals surface area contributed by atoms with Crippen molar-refractivity contribution in [2.24, 2.45) is 5.73 Å². The van der Waals surface area contributed by atoms with Crippen molar-refractivity contribution in [1.29, 1.82) is 0 Å². The number of anilines is 2. The summed E-state index contributed by atoms with van der Waals surface area (Å²) in [6.07, 6.45) is -2.58. The van der Waals surface area contributed by atoms with Crippen LogP contribution in [0.4, 0.5) is 34.1 Å². The molecule has 0 aliphatic carbocycles. The average Bonchev–Trinajstić information content (AvgIpc) is 3.35. The summed E-state index contributed by atoms with van der Waals surface area (Å²) in [5.41, 5.74) is 5.10. The van der Waals surface area contributed by atoms with E-state index in [4.69, 9.17) is 5.73 Å². The van der Waals surface area contributed by atoms with E-state index in [2.05, 4.69) is 15.4 Å². The van der Waals surface area contributed by atoms with Crippen molar-refractivity contribution in [3.63, 3.8) is 0 Å². The van der Waals surface area contributed by atoms with Gasteiger partial charge in [-0.25, -0.2) is 9.59 Å². The van der Waals surface area contributed by atoms with E-state index in [1.165, 1.54) is 27.8 Å². The second-order valence-electron chi connectivity index (χ2n) is 8.26. The maximum Gasteiger partial charge on any atom is 0.573 e. The molecule has 1 aliphatic heterocycles. The van der Waals surface area contributed by atoms with Crippen molar-refractivity contribution in [3.8, 4) is 5.75 Å². The van der Waals surface area contributed by atoms with Gasteiger partial charge in [0.15, 0.2) is 0 Å². The van der Waals surface area contributed by atoms with Crippen LogP contribution in [-0.2, 0) is 4.79 Å². The van der Waals surface area contributed by atoms with Gasteiger partial charge in [-0.3, -0.25) is 9.36 Å². The Morgan fingerprint density at radius 3 is 2.54 bits per heavy atom. The molecule has 9 nitrogen and oxygen atoms in total. The monoisotopic (exact) mass is 489 g/mol. The van der Waals surface area contributed by atoms with Crippen molar-refractivity contribution in [2.45, 2.75) is 31.7 Å². The number of nitrogens with zero attached hydrogens (tertiary/aromatic N) is 2. The summed E-state index contributed by atoms with van der Waals surface area (Å²) in [5.74, 6) is -1.04. The number of alkyl halides is 3. The Bertz CT molecular complexity index is 1310. The number of urea groups is 1. The molecule has 2 aromatic carbocycles. The number of fused-ring (bicyclic) bond motifs is 1. The van der Waals surface area contributed by atoms with E-state index in [1.807, 2.05) is 0 Å². The summed E-state index contributed by atoms with van der Waals surface area (Å²) in [4.78, 5) is 39.5. The fourth-order valence-electron chi connectivity index (χ4n) is 4.21. The number of ether oxygens (including phenoxy) is 1. The van der Waals surface area contributed by atoms with E-state index in [9.17, 15) is 27.6 Å². The first-order chi connectivity index (χ1) is 16.5. The molecular weight excluding hydrogens is 467 g/mol. The van der Waals surface area contributed by atoms with Gasteiger partial charge in [-0.15, -0.1) is 13.2 Å². The lowest BCUT2D eigenvalue weighted by Crippen LogP contribution is -2.54. The lowest BCUT2D eigenvalue weighted by molar-refractivity contribution is -0.274. The molecule has 1 unspecified atom stereocenters. The molecule has 4 rings (SSSR count). The minimum absolute atomic E-state index is 0.0924. The van der Waals surface area contributed by atoms with Gasteiger partial charge in [0.05, 0.1) is 11.2 Å². The molecule has 0 bridgehead atoms. The Balaban J connectivity index is 1.53. The van der Waals surface area contributed by atoms with E-state index in [0.717, 1.165) is 12.1 Å². The van der Waals surface area contributed by atoms with Gasteiger partial charge in [-0.05, 0) is 38.0 Å². The van der Waals surface area contributed by atoms with Gasteiger partial charge in [-0.1, -0.05) is 24.3 Å². The van der Waals surface area contributed by atoms with Crippen LogP contribution < -0.4 is 21.1 Å². The van der Waals surface area contributed by atoms with Crippen molar-refractivity contribution < 1.29 is 32.3 Å². The third-order valence-electron chi connectivity index (χ3n) is 5.89. The molecule has 1 aromatic heterocycles. The Labute approximate surface area is 197 Å². The summed E-state index contributed by atoms with van der Waals surface area (Å²) in [6.45, 7) is 1.86. The predicted molar refractivity (Wildman–Crippen MR) is 122 cm³/mol. The number of rotatable bonds is 4. The molecule has 3 aromatic rings. The number of hydrogen-bond acceptors (Lipinski definition) is 4. The van der Waals surface area contributed by atoms with Crippen LogP contribution in [0, 0.1) is 0 Å². The van der Waals surface area contributed by atoms with E-state index in [1.54, 1.807) is 31.2 Å². The van der Waals surface area contributed by atoms with Crippen LogP contribution in [0.2, 0.25) is 0 Å². The molecule has 2 heterocycles. The van der Waals surface area contributed by atoms with E-state index < -0.39 is 35.6 Å². The fourth-order valence-corrected chi connectivity index (χ4v) is 4.21. The standard InChI is InChI=1S/C23H22F3N5O4/c1-22(19(32)28-14-6-4-7-15(12-14)35-23(24,25)26)10-5-11-31(22)21(34)29-17-13-30(20(27)33)18-9-3-2-8-16(17)18/h2-4,6-9,12-13H,5,10-11H2,1H3,(H2,27,33)(H,28,32)(H,29,34). The molecule has 184 valence electrons. The van der Waals surface area contributed by atoms with Gasteiger partial charge in [-0.2, -0.15) is 0 Å². The molecule has 1 aliphatic rings. The highest BCUT2D eigenvalue weighted by Crippen LogP contribution is 2.33. The number of carbonyl (C=O) groups excluding carboxylic acids is 3. The zero-order valence-corrected chi connectivity index (χ0v) is 18.6. The van der Waals surface area contributed by atoms with Crippen molar-refractivity contribution in [3.05, 3.63) is 54.7 Å². The van der Waals surface area contributed by atoms with Crippen molar-refractivity contribution in [2.75, 3.05) is 17.2 Å². The Hall–Kier alpha value is -4.22. The number of hydrogen-bond donors (Lipinski definition) is 3. The second-order valence-corrected chi connectivity index (χ2v) is 8.26. The van der Waals surface area contributed by atoms with Crippen LogP contribution in [0.25, 0.3) is 10.9 Å². The predicted octanol–water partition coefficient (Wildman–Crippen LogP) is 4.49. The quantitative estimate of drug-likeness (QED) is 0.500. The number of nitrogens with one attached hydrogen (secondary N) is 2. The first kappa shape index (κ1) is 23.9. The minimum atomic E-state index is -4.87. The van der Waals surface area contributed by atoms with E-state index in [0.29, 0.717) is 29.4 Å². The molecular formula is C23H22F3N5O4. The first-order valence-electron chi connectivity index (χ1n) is 10.6. The van der Waals surface area contributed by atoms with Gasteiger partial charge >= 0.3 is 18.4 Å². The van der Waals surface area contributed by atoms with Crippen LogP contribution in [0.15, 0.2) is 54.7 Å². The molecule has 4 amide bonds. The Kier molecular flexibility index (Phi) is 6.05. The highest BCUT2D eigenvalue weighted by Gasteiger charge is 2.46. The van der Waals surface area contributed by atoms with Gasteiger partial charge in [0, 0.05) is 29.9 Å². The highest BCUT2D eigenvalue weighted by atomic mass is 19.4. The number of para-hydroxylation sites is 1. The third kappa shape index (κ3) is 4.86. The number of nitrogens with two attached hydrogens (primary N) is 1. The van der Waals surface area contributed by atoms with Crippen LogP contribution in [0.5, 0.6) is 5.75 Å². The fraction of sp³-hybridized carbons (Fsp3) is 0.261. The molecule has 0 radical (unpaired) electrons. The normalized spacial score (nSPS) is 17.9. The van der Waals surface area contributed by atoms with Crippen molar-refractivity contribution in [1.82, 2.24) is 9.47 Å². The maximum atomic E-state index is 13.2. The van der Waals surface area contributed by atoms with E-state index >= 15 is 0 Å². The summed E-state index contributed by atoms with van der Waals surface area (Å²) in [6, 6.07) is 10.5. The lowest BCUT2D eigenvalue weighted by Gasteiger charge is -2.33. The zero-order valence-electron chi connectivity index (χ0n) is 18.6. The Morgan fingerprint density at radius 1 is 1.09 bits per heavy atom. The number of amides is 4. The highest BCUT2D eigenvalue weighted by molar-refractivity contribution is 6.07. The molecule has 1 atom stereocenters. The van der Waals surface area contributed by atoms with Gasteiger partial charge in [0.2, 0.25) is 5.91 Å². The van der Waals surface area contributed by atoms with Crippen LogP contribution in [0.1, 0.15) is 19.8 Å². The molecule has 0 saturated carbocycles. The number of benzene rings is 2. The van der Waals surface area contributed by atoms with Crippen LogP contribution in [-0.4, -0.2) is 45.9 Å². The van der Waals surface area contributed by atoms with Gasteiger partial charge in [0.25, 0.3) is 0 Å². The zero-order chi connectivity index (χ0) is 25.4. The van der Waals surface area contributed by atoms with Gasteiger partial charge in [0.1, 0.15) is 11.3 Å². The smallest absolute Gasteiger partial charge is 0.406 e. The minimum Gasteiger partial charge on any atom is -0.406 e. The van der Waals surface area contributed by atoms with Crippen molar-refractivity contribution >= 4 is 40.2 Å². The SMILES string of the molecule is CC1(C(=O)Nc2cccc(OC(F)(F)F)c2)CCCN1C(=O)Nc1cn(C(N)=O)c2ccccc12. The molecule has 4 N–H and O–H groups in total. The third-order valence-corrected chi connectivity index (χ3v) is 5.89. The molecule has 1 saturated heterocycles. The molecule has 0 spiro atoms. The number of carbonyl (C=O) groups is 3. The second kappa shape index (κ2) is 8.85. The first-order valence-corrected chi connectivity index (χ1v) is 10.6. The maximum absolute atomic E-state index is 13.2. The number of aromatic nitrogens is 1. The topological polar surface area (TPSA) is 119 Å². The Morgan fingerprint density at radius 2 is 1.83 bits per heavy atom. The average molecular weight is 489 g/mol. The van der Waals surface area contributed by atoms with E-state index in [-0.39, 0.29) is 12.2 Å². The summed E-state index contributed by atoms with van der Waals surface area (Å²) >= 11 is 0. The van der Waals surface area contributed by atoms with Crippen LogP contribution >= 0.6 is 0 Å². The molecule has 35 heavy (non-hydrogen) atoms. The number of primary amides is 1.